The summed E-state index contributed by atoms with van der Waals surface area (Å²) in [6.07, 6.45) is -1.03. The Kier molecular flexibility index (Phi) is 5.69. The first kappa shape index (κ1) is 19.1. The maximum atomic E-state index is 12.4. The van der Waals surface area contributed by atoms with Gasteiger partial charge in [-0.15, -0.1) is 0 Å². The fourth-order valence-electron chi connectivity index (χ4n) is 2.62. The highest BCUT2D eigenvalue weighted by Gasteiger charge is 2.22. The molecule has 3 aromatic rings. The summed E-state index contributed by atoms with van der Waals surface area (Å²) in [5.41, 5.74) is 0.420. The van der Waals surface area contributed by atoms with Crippen molar-refractivity contribution in [3.8, 4) is 5.75 Å². The van der Waals surface area contributed by atoms with E-state index in [0.717, 1.165) is 11.3 Å². The highest BCUT2D eigenvalue weighted by Crippen LogP contribution is 2.14. The molecule has 8 nitrogen and oxygen atoms in total. The van der Waals surface area contributed by atoms with Crippen LogP contribution in [0.1, 0.15) is 23.0 Å². The Morgan fingerprint density at radius 2 is 1.79 bits per heavy atom. The van der Waals surface area contributed by atoms with Crippen LogP contribution in [0, 0.1) is 0 Å². The zero-order valence-electron chi connectivity index (χ0n) is 15.4. The first-order chi connectivity index (χ1) is 13.5. The van der Waals surface area contributed by atoms with Crippen LogP contribution >= 0.6 is 0 Å². The van der Waals surface area contributed by atoms with Crippen LogP contribution in [0.4, 0.5) is 0 Å². The van der Waals surface area contributed by atoms with Crippen LogP contribution in [-0.4, -0.2) is 35.3 Å². The van der Waals surface area contributed by atoms with Gasteiger partial charge in [0, 0.05) is 11.9 Å². The van der Waals surface area contributed by atoms with Crippen LogP contribution in [0.3, 0.4) is 0 Å². The fourth-order valence-corrected chi connectivity index (χ4v) is 2.62. The number of carbonyl (C=O) groups is 2. The molecule has 2 aromatic carbocycles. The summed E-state index contributed by atoms with van der Waals surface area (Å²) in [6, 6.07) is 13.8. The van der Waals surface area contributed by atoms with E-state index >= 15 is 0 Å². The summed E-state index contributed by atoms with van der Waals surface area (Å²) in [5, 5.41) is 9.43. The molecule has 1 heterocycles. The van der Waals surface area contributed by atoms with Crippen molar-refractivity contribution in [2.75, 3.05) is 7.11 Å². The van der Waals surface area contributed by atoms with Crippen LogP contribution in [0.5, 0.6) is 5.75 Å². The van der Waals surface area contributed by atoms with E-state index in [2.05, 4.69) is 15.5 Å². The SMILES string of the molecule is COc1ccc(CNC(=O)[C@H](C)OC(=O)c2n[nH]c(=O)c3ccccc23)cc1. The van der Waals surface area contributed by atoms with Gasteiger partial charge in [0.2, 0.25) is 0 Å². The minimum atomic E-state index is -1.03. The molecule has 0 aliphatic carbocycles. The summed E-state index contributed by atoms with van der Waals surface area (Å²) in [6.45, 7) is 1.75. The Bertz CT molecular complexity index is 1060. The topological polar surface area (TPSA) is 110 Å². The molecule has 8 heteroatoms. The van der Waals surface area contributed by atoms with Gasteiger partial charge in [0.25, 0.3) is 11.5 Å². The number of hydrogen-bond acceptors (Lipinski definition) is 6. The summed E-state index contributed by atoms with van der Waals surface area (Å²) < 4.78 is 10.3. The number of aromatic nitrogens is 2. The van der Waals surface area contributed by atoms with Crippen LogP contribution in [-0.2, 0) is 16.1 Å². The van der Waals surface area contributed by atoms with Crippen molar-refractivity contribution in [3.63, 3.8) is 0 Å². The van der Waals surface area contributed by atoms with Crippen LogP contribution in [0.15, 0.2) is 53.3 Å². The second-order valence-electron chi connectivity index (χ2n) is 6.06. The lowest BCUT2D eigenvalue weighted by atomic mass is 10.1. The zero-order chi connectivity index (χ0) is 20.1. The van der Waals surface area contributed by atoms with Gasteiger partial charge >= 0.3 is 5.97 Å². The largest absolute Gasteiger partial charge is 0.497 e. The van der Waals surface area contributed by atoms with Gasteiger partial charge in [-0.2, -0.15) is 5.10 Å². The number of benzene rings is 2. The van der Waals surface area contributed by atoms with Gasteiger partial charge in [0.1, 0.15) is 5.75 Å². The average molecular weight is 381 g/mol. The number of hydrogen-bond donors (Lipinski definition) is 2. The predicted molar refractivity (Wildman–Crippen MR) is 102 cm³/mol. The summed E-state index contributed by atoms with van der Waals surface area (Å²) in [4.78, 5) is 36.5. The van der Waals surface area contributed by atoms with E-state index in [0.29, 0.717) is 10.8 Å². The molecule has 0 spiro atoms. The molecule has 144 valence electrons. The molecular weight excluding hydrogens is 362 g/mol. The molecule has 0 bridgehead atoms. The number of nitrogens with one attached hydrogen (secondary N) is 2. The number of amides is 1. The number of aromatic amines is 1. The molecule has 28 heavy (non-hydrogen) atoms. The minimum absolute atomic E-state index is 0.0509. The summed E-state index contributed by atoms with van der Waals surface area (Å²) in [5.74, 6) is -0.518. The van der Waals surface area contributed by atoms with Gasteiger partial charge in [-0.1, -0.05) is 30.3 Å². The normalized spacial score (nSPS) is 11.6. The lowest BCUT2D eigenvalue weighted by Gasteiger charge is -2.14. The van der Waals surface area contributed by atoms with E-state index in [1.807, 2.05) is 12.1 Å². The van der Waals surface area contributed by atoms with Crippen LogP contribution < -0.4 is 15.6 Å². The Morgan fingerprint density at radius 3 is 2.46 bits per heavy atom. The number of methoxy groups -OCH3 is 1. The van der Waals surface area contributed by atoms with Gasteiger partial charge < -0.3 is 14.8 Å². The van der Waals surface area contributed by atoms with Crippen molar-refractivity contribution in [1.29, 1.82) is 0 Å². The summed E-state index contributed by atoms with van der Waals surface area (Å²) >= 11 is 0. The fraction of sp³-hybridized carbons (Fsp3) is 0.200. The number of rotatable bonds is 6. The molecule has 0 aliphatic rings. The molecule has 1 amide bonds. The van der Waals surface area contributed by atoms with Crippen molar-refractivity contribution in [3.05, 3.63) is 70.1 Å². The minimum Gasteiger partial charge on any atom is -0.497 e. The Morgan fingerprint density at radius 1 is 1.11 bits per heavy atom. The van der Waals surface area contributed by atoms with Crippen molar-refractivity contribution < 1.29 is 19.1 Å². The Labute approximate surface area is 160 Å². The zero-order valence-corrected chi connectivity index (χ0v) is 15.4. The highest BCUT2D eigenvalue weighted by atomic mass is 16.5. The van der Waals surface area contributed by atoms with Crippen molar-refractivity contribution in [1.82, 2.24) is 15.5 Å². The number of esters is 1. The third kappa shape index (κ3) is 4.17. The highest BCUT2D eigenvalue weighted by molar-refractivity contribution is 6.02. The first-order valence-electron chi connectivity index (χ1n) is 8.58. The second kappa shape index (κ2) is 8.34. The van der Waals surface area contributed by atoms with Gasteiger partial charge in [-0.25, -0.2) is 9.89 Å². The lowest BCUT2D eigenvalue weighted by Crippen LogP contribution is -2.35. The maximum Gasteiger partial charge on any atom is 0.360 e. The lowest BCUT2D eigenvalue weighted by molar-refractivity contribution is -0.129. The van der Waals surface area contributed by atoms with E-state index in [4.69, 9.17) is 9.47 Å². The number of nitrogens with zero attached hydrogens (tertiary/aromatic N) is 1. The Hall–Kier alpha value is -3.68. The van der Waals surface area contributed by atoms with Gasteiger partial charge in [0.05, 0.1) is 12.5 Å². The van der Waals surface area contributed by atoms with E-state index in [1.165, 1.54) is 6.92 Å². The third-order valence-electron chi connectivity index (χ3n) is 4.17. The number of carbonyl (C=O) groups excluding carboxylic acids is 2. The molecule has 0 radical (unpaired) electrons. The molecule has 0 aliphatic heterocycles. The molecule has 0 saturated carbocycles. The van der Waals surface area contributed by atoms with Gasteiger partial charge in [-0.05, 0) is 30.7 Å². The first-order valence-corrected chi connectivity index (χ1v) is 8.58. The molecule has 3 rings (SSSR count). The average Bonchev–Trinajstić information content (AvgIpc) is 2.72. The standard InChI is InChI=1S/C20H19N3O5/c1-12(18(24)21-11-13-7-9-14(27-2)10-8-13)28-20(26)17-15-5-3-4-6-16(15)19(25)23-22-17/h3-10,12H,11H2,1-2H3,(H,21,24)(H,23,25)/t12-/m0/s1. The van der Waals surface area contributed by atoms with Crippen LogP contribution in [0.25, 0.3) is 10.8 Å². The predicted octanol–water partition coefficient (Wildman–Crippen LogP) is 1.79. The van der Waals surface area contributed by atoms with Gasteiger partial charge in [-0.3, -0.25) is 9.59 Å². The summed E-state index contributed by atoms with van der Waals surface area (Å²) in [7, 11) is 1.58. The quantitative estimate of drug-likeness (QED) is 0.630. The van der Waals surface area contributed by atoms with E-state index in [9.17, 15) is 14.4 Å². The van der Waals surface area contributed by atoms with Crippen molar-refractivity contribution in [2.24, 2.45) is 0 Å². The molecule has 2 N–H and O–H groups in total. The number of H-pyrrole nitrogens is 1. The van der Waals surface area contributed by atoms with Crippen molar-refractivity contribution in [2.45, 2.75) is 19.6 Å². The van der Waals surface area contributed by atoms with E-state index < -0.39 is 23.5 Å². The molecular formula is C20H19N3O5. The smallest absolute Gasteiger partial charge is 0.360 e. The number of fused-ring (bicyclic) bond motifs is 1. The molecule has 0 fully saturated rings. The second-order valence-corrected chi connectivity index (χ2v) is 6.06. The van der Waals surface area contributed by atoms with Crippen molar-refractivity contribution >= 4 is 22.6 Å². The molecule has 1 atom stereocenters. The molecule has 0 saturated heterocycles. The Balaban J connectivity index is 1.64. The van der Waals surface area contributed by atoms with Crippen LogP contribution in [0.2, 0.25) is 0 Å². The third-order valence-corrected chi connectivity index (χ3v) is 4.17. The maximum absolute atomic E-state index is 12.4. The molecule has 1 aromatic heterocycles. The van der Waals surface area contributed by atoms with E-state index in [1.54, 1.807) is 43.5 Å². The number of ether oxygens (including phenoxy) is 2. The van der Waals surface area contributed by atoms with Gasteiger partial charge in [0.15, 0.2) is 11.8 Å². The molecule has 0 unspecified atom stereocenters. The monoisotopic (exact) mass is 381 g/mol. The van der Waals surface area contributed by atoms with E-state index in [-0.39, 0.29) is 12.2 Å².